The molecule has 33 heavy (non-hydrogen) atoms. The fraction of sp³-hybridized carbons (Fsp3) is 0. The van der Waals surface area contributed by atoms with Gasteiger partial charge in [0.25, 0.3) is 0 Å². The number of hydrogen-bond acceptors (Lipinski definition) is 12. The van der Waals surface area contributed by atoms with Gasteiger partial charge in [0.05, 0.1) is 35.8 Å². The number of carbonyl (C=O) groups is 6. The van der Waals surface area contributed by atoms with Crippen molar-refractivity contribution in [3.05, 3.63) is 69.8 Å². The molecule has 15 heteroatoms. The smallest absolute Gasteiger partial charge is 0.545 e. The van der Waals surface area contributed by atoms with E-state index < -0.39 is 69.2 Å². The van der Waals surface area contributed by atoms with E-state index in [4.69, 9.17) is 0 Å². The normalized spacial score (nSPS) is 8.73. The van der Waals surface area contributed by atoms with Crippen LogP contribution in [0.2, 0.25) is 0 Å². The van der Waals surface area contributed by atoms with Crippen molar-refractivity contribution >= 4 is 35.8 Å². The van der Waals surface area contributed by atoms with Gasteiger partial charge in [-0.2, -0.15) is 0 Å². The second-order valence-corrected chi connectivity index (χ2v) is 5.25. The molecule has 2 aromatic carbocycles. The number of benzene rings is 2. The first-order valence-corrected chi connectivity index (χ1v) is 7.43. The van der Waals surface area contributed by atoms with Crippen LogP contribution in [0, 0.1) is 0 Å². The molecule has 0 bridgehead atoms. The van der Waals surface area contributed by atoms with E-state index >= 15 is 0 Å². The Balaban J connectivity index is -0.000000500. The van der Waals surface area contributed by atoms with Gasteiger partial charge in [-0.15, -0.1) is 0 Å². The maximum absolute atomic E-state index is 10.5. The van der Waals surface area contributed by atoms with Gasteiger partial charge in [-0.1, -0.05) is 24.3 Å². The van der Waals surface area contributed by atoms with Crippen molar-refractivity contribution in [2.45, 2.75) is 0 Å². The zero-order valence-electron chi connectivity index (χ0n) is 15.4. The van der Waals surface area contributed by atoms with Gasteiger partial charge in [0, 0.05) is 22.3 Å². The molecule has 0 spiro atoms. The van der Waals surface area contributed by atoms with E-state index in [-0.39, 0.29) is 50.3 Å². The summed E-state index contributed by atoms with van der Waals surface area (Å²) in [7, 11) is 0. The van der Waals surface area contributed by atoms with Gasteiger partial charge in [0.15, 0.2) is 0 Å². The molecular formula is C18H6Co3O12. The average Bonchev–Trinajstić information content (AvgIpc) is 2.67. The summed E-state index contributed by atoms with van der Waals surface area (Å²) in [5.74, 6) is -10.3. The van der Waals surface area contributed by atoms with Crippen molar-refractivity contribution in [2.24, 2.45) is 0 Å². The maximum Gasteiger partial charge on any atom is 2.00 e. The SMILES string of the molecule is O=C([O-])c1ccc(C(=O)[O-])c(C(=O)[O-])c1.O=C([O-])c1ccc(C(=O)[O-])c(C(=O)[O-])c1.[Co+2].[Co+2].[Co+2]. The van der Waals surface area contributed by atoms with Crippen LogP contribution in [0.25, 0.3) is 0 Å². The third-order valence-electron chi connectivity index (χ3n) is 3.39. The van der Waals surface area contributed by atoms with E-state index in [0.717, 1.165) is 24.3 Å². The average molecular weight is 591 g/mol. The molecule has 0 heterocycles. The molecular weight excluding hydrogens is 585 g/mol. The summed E-state index contributed by atoms with van der Waals surface area (Å²) >= 11 is 0. The third kappa shape index (κ3) is 9.43. The van der Waals surface area contributed by atoms with Crippen LogP contribution >= 0.6 is 0 Å². The number of carboxylic acid groups (broad SMARTS) is 6. The Kier molecular flexibility index (Phi) is 15.4. The molecule has 0 atom stereocenters. The third-order valence-corrected chi connectivity index (χ3v) is 3.39. The molecule has 0 amide bonds. The fourth-order valence-corrected chi connectivity index (χ4v) is 2.04. The summed E-state index contributed by atoms with van der Waals surface area (Å²) in [4.78, 5) is 62.6. The first-order chi connectivity index (χ1) is 13.9. The maximum atomic E-state index is 10.5. The second-order valence-electron chi connectivity index (χ2n) is 5.25. The van der Waals surface area contributed by atoms with E-state index in [1.165, 1.54) is 0 Å². The van der Waals surface area contributed by atoms with Crippen molar-refractivity contribution in [1.82, 2.24) is 0 Å². The minimum Gasteiger partial charge on any atom is -0.545 e. The molecule has 0 aliphatic heterocycles. The Labute approximate surface area is 214 Å². The number of hydrogen-bond donors (Lipinski definition) is 0. The standard InChI is InChI=1S/2C9H6O6.3Co/c2*10-7(11)4-1-2-5(8(12)13)6(3-4)9(14)15;;;/h2*1-3H,(H,10,11)(H,12,13)(H,14,15);;;/q;;3*+2/p-6. The second kappa shape index (κ2) is 14.8. The molecule has 177 valence electrons. The molecule has 0 aliphatic rings. The van der Waals surface area contributed by atoms with Gasteiger partial charge in [-0.05, 0) is 23.3 Å². The summed E-state index contributed by atoms with van der Waals surface area (Å²) in [6.07, 6.45) is 0. The molecule has 0 aliphatic carbocycles. The Morgan fingerprint density at radius 3 is 0.818 bits per heavy atom. The predicted octanol–water partition coefficient (Wildman–Crippen LogP) is -6.45. The van der Waals surface area contributed by atoms with Crippen LogP contribution in [0.1, 0.15) is 62.1 Å². The summed E-state index contributed by atoms with van der Waals surface area (Å²) in [5, 5.41) is 62.6. The molecule has 12 nitrogen and oxygen atoms in total. The van der Waals surface area contributed by atoms with Gasteiger partial charge in [-0.3, -0.25) is 0 Å². The Hall–Kier alpha value is -3.22. The molecule has 0 fully saturated rings. The molecule has 2 aromatic rings. The Morgan fingerprint density at radius 2 is 0.636 bits per heavy atom. The molecule has 3 radical (unpaired) electrons. The predicted molar refractivity (Wildman–Crippen MR) is 78.9 cm³/mol. The molecule has 2 rings (SSSR count). The van der Waals surface area contributed by atoms with Crippen molar-refractivity contribution in [3.8, 4) is 0 Å². The van der Waals surface area contributed by atoms with Crippen LogP contribution in [0.15, 0.2) is 36.4 Å². The van der Waals surface area contributed by atoms with Gasteiger partial charge in [0.2, 0.25) is 0 Å². The Bertz CT molecular complexity index is 996. The Morgan fingerprint density at radius 1 is 0.394 bits per heavy atom. The van der Waals surface area contributed by atoms with E-state index in [1.54, 1.807) is 0 Å². The minimum atomic E-state index is -1.79. The molecule has 0 unspecified atom stereocenters. The summed E-state index contributed by atoms with van der Waals surface area (Å²) in [6.45, 7) is 0. The van der Waals surface area contributed by atoms with Crippen LogP contribution < -0.4 is 30.6 Å². The van der Waals surface area contributed by atoms with E-state index in [1.807, 2.05) is 0 Å². The van der Waals surface area contributed by atoms with Gasteiger partial charge < -0.3 is 59.4 Å². The molecule has 0 saturated heterocycles. The van der Waals surface area contributed by atoms with Crippen molar-refractivity contribution < 1.29 is 110 Å². The fourth-order valence-electron chi connectivity index (χ4n) is 2.04. The van der Waals surface area contributed by atoms with Crippen molar-refractivity contribution in [1.29, 1.82) is 0 Å². The number of carbonyl (C=O) groups excluding carboxylic acids is 6. The van der Waals surface area contributed by atoms with E-state index in [2.05, 4.69) is 0 Å². The topological polar surface area (TPSA) is 241 Å². The minimum absolute atomic E-state index is 0. The number of rotatable bonds is 6. The molecule has 0 N–H and O–H groups in total. The van der Waals surface area contributed by atoms with Crippen molar-refractivity contribution in [3.63, 3.8) is 0 Å². The van der Waals surface area contributed by atoms with Crippen LogP contribution in [-0.4, -0.2) is 35.8 Å². The van der Waals surface area contributed by atoms with Gasteiger partial charge in [0.1, 0.15) is 0 Å². The van der Waals surface area contributed by atoms with Gasteiger partial charge >= 0.3 is 50.3 Å². The summed E-state index contributed by atoms with van der Waals surface area (Å²) in [6, 6.07) is 4.74. The van der Waals surface area contributed by atoms with E-state index in [0.29, 0.717) is 12.1 Å². The summed E-state index contributed by atoms with van der Waals surface area (Å²) in [5.41, 5.74) is -3.67. The largest absolute Gasteiger partial charge is 2.00 e. The number of carboxylic acids is 6. The van der Waals surface area contributed by atoms with Crippen LogP contribution in [-0.2, 0) is 50.3 Å². The zero-order valence-corrected chi connectivity index (χ0v) is 18.5. The van der Waals surface area contributed by atoms with Crippen LogP contribution in [0.3, 0.4) is 0 Å². The molecule has 0 aromatic heterocycles. The first kappa shape index (κ1) is 34.4. The van der Waals surface area contributed by atoms with Gasteiger partial charge in [-0.25, -0.2) is 0 Å². The van der Waals surface area contributed by atoms with Crippen molar-refractivity contribution in [2.75, 3.05) is 0 Å². The summed E-state index contributed by atoms with van der Waals surface area (Å²) < 4.78 is 0. The van der Waals surface area contributed by atoms with E-state index in [9.17, 15) is 59.4 Å². The van der Waals surface area contributed by atoms with Crippen LogP contribution in [0.4, 0.5) is 0 Å². The first-order valence-electron chi connectivity index (χ1n) is 7.43. The number of aromatic carboxylic acids is 6. The monoisotopic (exact) mass is 591 g/mol. The quantitative estimate of drug-likeness (QED) is 0.305. The molecule has 0 saturated carbocycles. The zero-order chi connectivity index (χ0) is 23.2. The van der Waals surface area contributed by atoms with Crippen LogP contribution in [0.5, 0.6) is 0 Å².